The lowest BCUT2D eigenvalue weighted by Gasteiger charge is -2.06. The van der Waals surface area contributed by atoms with Crippen LogP contribution in [0.15, 0.2) is 47.4 Å². The van der Waals surface area contributed by atoms with Crippen molar-refractivity contribution >= 4 is 17.4 Å². The van der Waals surface area contributed by atoms with E-state index in [9.17, 15) is 0 Å². The van der Waals surface area contributed by atoms with E-state index in [2.05, 4.69) is 6.07 Å². The van der Waals surface area contributed by atoms with E-state index in [-0.39, 0.29) is 0 Å². The molecule has 2 N–H and O–H groups in total. The van der Waals surface area contributed by atoms with Crippen molar-refractivity contribution in [3.05, 3.63) is 53.6 Å². The van der Waals surface area contributed by atoms with Gasteiger partial charge in [-0.2, -0.15) is 5.26 Å². The summed E-state index contributed by atoms with van der Waals surface area (Å²) in [5.41, 5.74) is 8.15. The van der Waals surface area contributed by atoms with Crippen LogP contribution < -0.4 is 10.5 Å². The first-order chi connectivity index (χ1) is 9.22. The number of hydrogen-bond acceptors (Lipinski definition) is 4. The Bertz CT molecular complexity index is 620. The van der Waals surface area contributed by atoms with Gasteiger partial charge in [-0.3, -0.25) is 0 Å². The molecule has 96 valence electrons. The zero-order chi connectivity index (χ0) is 13.7. The van der Waals surface area contributed by atoms with E-state index in [4.69, 9.17) is 15.7 Å². The fraction of sp³-hybridized carbons (Fsp3) is 0.133. The summed E-state index contributed by atoms with van der Waals surface area (Å²) in [6.07, 6.45) is 0. The summed E-state index contributed by atoms with van der Waals surface area (Å²) in [7, 11) is 1.57. The van der Waals surface area contributed by atoms with Gasteiger partial charge in [-0.15, -0.1) is 11.8 Å². The Balaban J connectivity index is 2.10. The van der Waals surface area contributed by atoms with Crippen molar-refractivity contribution in [3.63, 3.8) is 0 Å². The van der Waals surface area contributed by atoms with Crippen molar-refractivity contribution in [1.29, 1.82) is 5.26 Å². The van der Waals surface area contributed by atoms with Crippen LogP contribution in [-0.2, 0) is 5.75 Å². The molecule has 0 fully saturated rings. The molecular weight excluding hydrogens is 256 g/mol. The van der Waals surface area contributed by atoms with Crippen LogP contribution >= 0.6 is 11.8 Å². The van der Waals surface area contributed by atoms with Crippen LogP contribution in [0.4, 0.5) is 5.69 Å². The number of rotatable bonds is 4. The Hall–Kier alpha value is -2.12. The summed E-state index contributed by atoms with van der Waals surface area (Å²) >= 11 is 1.69. The quantitative estimate of drug-likeness (QED) is 0.683. The number of thioether (sulfide) groups is 1. The van der Waals surface area contributed by atoms with E-state index in [1.54, 1.807) is 18.9 Å². The van der Waals surface area contributed by atoms with Gasteiger partial charge in [0.25, 0.3) is 0 Å². The van der Waals surface area contributed by atoms with Crippen molar-refractivity contribution < 1.29 is 4.74 Å². The molecule has 2 aromatic carbocycles. The Morgan fingerprint density at radius 3 is 2.79 bits per heavy atom. The summed E-state index contributed by atoms with van der Waals surface area (Å²) in [6.45, 7) is 0. The Morgan fingerprint density at radius 2 is 2.11 bits per heavy atom. The van der Waals surface area contributed by atoms with Gasteiger partial charge in [0, 0.05) is 16.3 Å². The topological polar surface area (TPSA) is 59.0 Å². The third-order valence-electron chi connectivity index (χ3n) is 2.65. The van der Waals surface area contributed by atoms with Crippen LogP contribution in [0, 0.1) is 11.3 Å². The molecule has 4 heteroatoms. The number of anilines is 1. The van der Waals surface area contributed by atoms with Gasteiger partial charge in [-0.25, -0.2) is 0 Å². The summed E-state index contributed by atoms with van der Waals surface area (Å²) in [5.74, 6) is 1.41. The van der Waals surface area contributed by atoms with Crippen LogP contribution in [0.1, 0.15) is 11.1 Å². The number of nitrogens with two attached hydrogens (primary N) is 1. The molecule has 3 nitrogen and oxygen atoms in total. The molecule has 0 atom stereocenters. The standard InChI is InChI=1S/C15H14N2OS/c1-18-15-6-5-11(7-12(15)9-16)10-19-14-4-2-3-13(17)8-14/h2-8H,10,17H2,1H3. The third-order valence-corrected chi connectivity index (χ3v) is 3.71. The van der Waals surface area contributed by atoms with Gasteiger partial charge in [0.15, 0.2) is 0 Å². The number of nitrogens with zero attached hydrogens (tertiary/aromatic N) is 1. The SMILES string of the molecule is COc1ccc(CSc2cccc(N)c2)cc1C#N. The summed E-state index contributed by atoms with van der Waals surface area (Å²) in [5, 5.41) is 9.04. The number of benzene rings is 2. The van der Waals surface area contributed by atoms with Gasteiger partial charge in [0.2, 0.25) is 0 Å². The Kier molecular flexibility index (Phi) is 4.32. The van der Waals surface area contributed by atoms with E-state index >= 15 is 0 Å². The molecule has 2 aromatic rings. The van der Waals surface area contributed by atoms with Gasteiger partial charge in [0.05, 0.1) is 12.7 Å². The molecule has 0 saturated heterocycles. The van der Waals surface area contributed by atoms with Crippen LogP contribution in [0.25, 0.3) is 0 Å². The van der Waals surface area contributed by atoms with E-state index in [0.29, 0.717) is 11.3 Å². The minimum absolute atomic E-state index is 0.563. The lowest BCUT2D eigenvalue weighted by atomic mass is 10.1. The highest BCUT2D eigenvalue weighted by Crippen LogP contribution is 2.26. The molecule has 0 aliphatic heterocycles. The molecule has 0 amide bonds. The van der Waals surface area contributed by atoms with Crippen LogP contribution in [0.3, 0.4) is 0 Å². The highest BCUT2D eigenvalue weighted by Gasteiger charge is 2.04. The number of ether oxygens (including phenoxy) is 1. The molecule has 2 rings (SSSR count). The van der Waals surface area contributed by atoms with Crippen molar-refractivity contribution in [1.82, 2.24) is 0 Å². The Morgan fingerprint density at radius 1 is 1.26 bits per heavy atom. The molecule has 0 bridgehead atoms. The van der Waals surface area contributed by atoms with Crippen molar-refractivity contribution in [3.8, 4) is 11.8 Å². The molecule has 0 aliphatic rings. The molecule has 0 saturated carbocycles. The maximum absolute atomic E-state index is 9.04. The van der Waals surface area contributed by atoms with Crippen molar-refractivity contribution in [2.45, 2.75) is 10.6 Å². The second-order valence-corrected chi connectivity index (χ2v) is 5.06. The first-order valence-electron chi connectivity index (χ1n) is 5.78. The molecule has 0 heterocycles. The van der Waals surface area contributed by atoms with Gasteiger partial charge >= 0.3 is 0 Å². The van der Waals surface area contributed by atoms with Crippen molar-refractivity contribution in [2.75, 3.05) is 12.8 Å². The lowest BCUT2D eigenvalue weighted by Crippen LogP contribution is -1.90. The monoisotopic (exact) mass is 270 g/mol. The number of hydrogen-bond donors (Lipinski definition) is 1. The number of nitrogen functional groups attached to an aromatic ring is 1. The lowest BCUT2D eigenvalue weighted by molar-refractivity contribution is 0.413. The molecule has 0 radical (unpaired) electrons. The number of nitriles is 1. The zero-order valence-electron chi connectivity index (χ0n) is 10.6. The van der Waals surface area contributed by atoms with Gasteiger partial charge in [0.1, 0.15) is 11.8 Å². The van der Waals surface area contributed by atoms with Gasteiger partial charge in [-0.05, 0) is 35.9 Å². The second-order valence-electron chi connectivity index (χ2n) is 4.01. The minimum atomic E-state index is 0.563. The maximum Gasteiger partial charge on any atom is 0.136 e. The van der Waals surface area contributed by atoms with Crippen LogP contribution in [-0.4, -0.2) is 7.11 Å². The molecule has 0 aliphatic carbocycles. The fourth-order valence-electron chi connectivity index (χ4n) is 1.70. The normalized spacial score (nSPS) is 9.89. The Labute approximate surface area is 117 Å². The maximum atomic E-state index is 9.04. The van der Waals surface area contributed by atoms with E-state index in [0.717, 1.165) is 21.9 Å². The molecule has 19 heavy (non-hydrogen) atoms. The second kappa shape index (κ2) is 6.17. The summed E-state index contributed by atoms with van der Waals surface area (Å²) in [6, 6.07) is 15.6. The highest BCUT2D eigenvalue weighted by molar-refractivity contribution is 7.98. The summed E-state index contributed by atoms with van der Waals surface area (Å²) in [4.78, 5) is 1.12. The van der Waals surface area contributed by atoms with Gasteiger partial charge in [-0.1, -0.05) is 12.1 Å². The average molecular weight is 270 g/mol. The van der Waals surface area contributed by atoms with E-state index in [1.165, 1.54) is 0 Å². The first-order valence-corrected chi connectivity index (χ1v) is 6.77. The fourth-order valence-corrected chi connectivity index (χ4v) is 2.61. The molecule has 0 aromatic heterocycles. The van der Waals surface area contributed by atoms with Crippen molar-refractivity contribution in [2.24, 2.45) is 0 Å². The zero-order valence-corrected chi connectivity index (χ0v) is 11.4. The van der Waals surface area contributed by atoms with E-state index in [1.807, 2.05) is 42.5 Å². The molecular formula is C15H14N2OS. The molecule has 0 spiro atoms. The summed E-state index contributed by atoms with van der Waals surface area (Å²) < 4.78 is 5.12. The van der Waals surface area contributed by atoms with Crippen LogP contribution in [0.5, 0.6) is 5.75 Å². The first kappa shape index (κ1) is 13.3. The van der Waals surface area contributed by atoms with Crippen LogP contribution in [0.2, 0.25) is 0 Å². The largest absolute Gasteiger partial charge is 0.495 e. The third kappa shape index (κ3) is 3.43. The smallest absolute Gasteiger partial charge is 0.136 e. The predicted molar refractivity (Wildman–Crippen MR) is 78.1 cm³/mol. The van der Waals surface area contributed by atoms with Gasteiger partial charge < -0.3 is 10.5 Å². The highest BCUT2D eigenvalue weighted by atomic mass is 32.2. The average Bonchev–Trinajstić information content (AvgIpc) is 2.45. The van der Waals surface area contributed by atoms with E-state index < -0.39 is 0 Å². The predicted octanol–water partition coefficient (Wildman–Crippen LogP) is 3.44. The molecule has 0 unspecified atom stereocenters. The number of methoxy groups -OCH3 is 1. The minimum Gasteiger partial charge on any atom is -0.495 e.